The average molecular weight is 284 g/mol. The fraction of sp³-hybridized carbons (Fsp3) is 0.308. The van der Waals surface area contributed by atoms with E-state index in [-0.39, 0.29) is 17.1 Å². The Morgan fingerprint density at radius 1 is 1.32 bits per heavy atom. The second-order valence-electron chi connectivity index (χ2n) is 4.78. The Balaban J connectivity index is 2.32. The SMILES string of the molecule is CC1(C)OC(c2ccc(C[SH](=O)=O)c(F)c2)=CC1=O. The summed E-state index contributed by atoms with van der Waals surface area (Å²) in [6.07, 6.45) is 1.32. The van der Waals surface area contributed by atoms with Crippen molar-refractivity contribution < 1.29 is 22.3 Å². The van der Waals surface area contributed by atoms with Crippen LogP contribution in [-0.4, -0.2) is 19.8 Å². The molecule has 4 nitrogen and oxygen atoms in total. The first-order valence-electron chi connectivity index (χ1n) is 5.65. The molecule has 1 aromatic carbocycles. The van der Waals surface area contributed by atoms with E-state index in [1.807, 2.05) is 0 Å². The quantitative estimate of drug-likeness (QED) is 0.858. The maximum absolute atomic E-state index is 13.7. The van der Waals surface area contributed by atoms with Crippen LogP contribution >= 0.6 is 0 Å². The second-order valence-corrected chi connectivity index (χ2v) is 5.76. The predicted molar refractivity (Wildman–Crippen MR) is 68.6 cm³/mol. The molecule has 6 heteroatoms. The van der Waals surface area contributed by atoms with E-state index >= 15 is 0 Å². The first kappa shape index (κ1) is 13.7. The van der Waals surface area contributed by atoms with Crippen molar-refractivity contribution in [3.05, 3.63) is 41.2 Å². The maximum atomic E-state index is 13.7. The fourth-order valence-corrected chi connectivity index (χ4v) is 2.29. The number of rotatable bonds is 3. The van der Waals surface area contributed by atoms with Gasteiger partial charge in [-0.15, -0.1) is 0 Å². The fourth-order valence-electron chi connectivity index (χ4n) is 1.76. The predicted octanol–water partition coefficient (Wildman–Crippen LogP) is 1.66. The molecule has 0 unspecified atom stereocenters. The number of ketones is 1. The summed E-state index contributed by atoms with van der Waals surface area (Å²) in [6.45, 7) is 3.26. The van der Waals surface area contributed by atoms with Gasteiger partial charge < -0.3 is 4.74 Å². The average Bonchev–Trinajstić information content (AvgIpc) is 2.56. The highest BCUT2D eigenvalue weighted by atomic mass is 32.2. The molecule has 1 aliphatic rings. The molecular weight excluding hydrogens is 271 g/mol. The van der Waals surface area contributed by atoms with Gasteiger partial charge in [0.25, 0.3) is 0 Å². The monoisotopic (exact) mass is 284 g/mol. The molecule has 19 heavy (non-hydrogen) atoms. The third-order valence-corrected chi connectivity index (χ3v) is 3.46. The standard InChI is InChI=1S/C13H13FO4S/c1-13(2)12(15)6-11(18-13)8-3-4-9(7-19(16)17)10(14)5-8/h3-6,19H,7H2,1-2H3. The van der Waals surface area contributed by atoms with Crippen LogP contribution in [-0.2, 0) is 26.0 Å². The lowest BCUT2D eigenvalue weighted by atomic mass is 10.1. The number of benzene rings is 1. The Kier molecular flexibility index (Phi) is 3.45. The Morgan fingerprint density at radius 2 is 2.00 bits per heavy atom. The number of thiol groups is 1. The number of carbonyl (C=O) groups is 1. The van der Waals surface area contributed by atoms with Crippen LogP contribution in [0.5, 0.6) is 0 Å². The summed E-state index contributed by atoms with van der Waals surface area (Å²) in [7, 11) is -2.68. The minimum Gasteiger partial charge on any atom is -0.479 e. The van der Waals surface area contributed by atoms with Crippen molar-refractivity contribution in [3.63, 3.8) is 0 Å². The summed E-state index contributed by atoms with van der Waals surface area (Å²) in [5.74, 6) is -0.855. The molecule has 1 aliphatic heterocycles. The van der Waals surface area contributed by atoms with Gasteiger partial charge in [0.1, 0.15) is 22.3 Å². The molecule has 102 valence electrons. The molecule has 1 aromatic rings. The molecule has 0 saturated carbocycles. The van der Waals surface area contributed by atoms with Gasteiger partial charge in [0.2, 0.25) is 5.78 Å². The van der Waals surface area contributed by atoms with Gasteiger partial charge in [0.15, 0.2) is 5.60 Å². The number of carbonyl (C=O) groups excluding carboxylic acids is 1. The van der Waals surface area contributed by atoms with Crippen LogP contribution in [0.15, 0.2) is 24.3 Å². The van der Waals surface area contributed by atoms with Crippen LogP contribution in [0.1, 0.15) is 25.0 Å². The molecule has 0 saturated heterocycles. The van der Waals surface area contributed by atoms with E-state index in [0.717, 1.165) is 0 Å². The third kappa shape index (κ3) is 2.84. The van der Waals surface area contributed by atoms with Crippen molar-refractivity contribution in [2.75, 3.05) is 0 Å². The number of hydrogen-bond donors (Lipinski definition) is 1. The Labute approximate surface area is 111 Å². The third-order valence-electron chi connectivity index (χ3n) is 2.86. The van der Waals surface area contributed by atoms with E-state index in [1.54, 1.807) is 13.8 Å². The number of halogens is 1. The lowest BCUT2D eigenvalue weighted by Crippen LogP contribution is -2.27. The second kappa shape index (κ2) is 4.77. The summed E-state index contributed by atoms with van der Waals surface area (Å²) in [6, 6.07) is 4.10. The van der Waals surface area contributed by atoms with Gasteiger partial charge in [0.05, 0.1) is 5.75 Å². The summed E-state index contributed by atoms with van der Waals surface area (Å²) in [5, 5.41) is 0. The van der Waals surface area contributed by atoms with E-state index < -0.39 is 22.1 Å². The van der Waals surface area contributed by atoms with Crippen molar-refractivity contribution in [2.45, 2.75) is 25.2 Å². The van der Waals surface area contributed by atoms with Crippen LogP contribution in [0.4, 0.5) is 4.39 Å². The van der Waals surface area contributed by atoms with Crippen LogP contribution in [0, 0.1) is 5.82 Å². The van der Waals surface area contributed by atoms with Crippen molar-refractivity contribution in [1.29, 1.82) is 0 Å². The van der Waals surface area contributed by atoms with E-state index in [9.17, 15) is 17.6 Å². The van der Waals surface area contributed by atoms with Gasteiger partial charge in [0, 0.05) is 17.2 Å². The highest BCUT2D eigenvalue weighted by Crippen LogP contribution is 2.31. The highest BCUT2D eigenvalue weighted by molar-refractivity contribution is 7.71. The highest BCUT2D eigenvalue weighted by Gasteiger charge is 2.35. The zero-order valence-corrected chi connectivity index (χ0v) is 11.4. The number of ether oxygens (including phenoxy) is 1. The lowest BCUT2D eigenvalue weighted by Gasteiger charge is -2.18. The molecule has 0 amide bonds. The lowest BCUT2D eigenvalue weighted by molar-refractivity contribution is -0.125. The van der Waals surface area contributed by atoms with Gasteiger partial charge in [-0.05, 0) is 19.9 Å². The molecule has 0 fully saturated rings. The summed E-state index contributed by atoms with van der Waals surface area (Å²) in [4.78, 5) is 11.6. The molecule has 1 heterocycles. The van der Waals surface area contributed by atoms with Crippen LogP contribution < -0.4 is 0 Å². The van der Waals surface area contributed by atoms with Crippen molar-refractivity contribution in [3.8, 4) is 0 Å². The van der Waals surface area contributed by atoms with Crippen LogP contribution in [0.3, 0.4) is 0 Å². The van der Waals surface area contributed by atoms with Crippen LogP contribution in [0.2, 0.25) is 0 Å². The van der Waals surface area contributed by atoms with E-state index in [2.05, 4.69) is 0 Å². The van der Waals surface area contributed by atoms with Gasteiger partial charge in [-0.2, -0.15) is 0 Å². The van der Waals surface area contributed by atoms with Gasteiger partial charge in [-0.3, -0.25) is 4.79 Å². The Hall–Kier alpha value is -1.69. The molecule has 0 N–H and O–H groups in total. The molecule has 0 aliphatic carbocycles. The van der Waals surface area contributed by atoms with Gasteiger partial charge >= 0.3 is 0 Å². The van der Waals surface area contributed by atoms with Gasteiger partial charge in [-0.25, -0.2) is 12.8 Å². The van der Waals surface area contributed by atoms with Crippen molar-refractivity contribution >= 4 is 22.2 Å². The molecule has 0 bridgehead atoms. The molecule has 0 spiro atoms. The zero-order chi connectivity index (χ0) is 14.2. The minimum atomic E-state index is -2.68. The van der Waals surface area contributed by atoms with Crippen LogP contribution in [0.25, 0.3) is 5.76 Å². The smallest absolute Gasteiger partial charge is 0.202 e. The van der Waals surface area contributed by atoms with E-state index in [0.29, 0.717) is 11.3 Å². The first-order chi connectivity index (χ1) is 8.79. The number of hydrogen-bond acceptors (Lipinski definition) is 4. The summed E-state index contributed by atoms with van der Waals surface area (Å²) in [5.41, 5.74) is -0.423. The van der Waals surface area contributed by atoms with Gasteiger partial charge in [-0.1, -0.05) is 12.1 Å². The zero-order valence-electron chi connectivity index (χ0n) is 10.5. The molecule has 0 atom stereocenters. The topological polar surface area (TPSA) is 60.4 Å². The Bertz CT molecular complexity index is 636. The Morgan fingerprint density at radius 3 is 2.47 bits per heavy atom. The molecule has 2 rings (SSSR count). The summed E-state index contributed by atoms with van der Waals surface area (Å²) >= 11 is 0. The molecule has 0 aromatic heterocycles. The molecular formula is C13H13FO4S. The first-order valence-corrected chi connectivity index (χ1v) is 7.01. The largest absolute Gasteiger partial charge is 0.479 e. The van der Waals surface area contributed by atoms with E-state index in [1.165, 1.54) is 24.3 Å². The van der Waals surface area contributed by atoms with Crippen molar-refractivity contribution in [2.24, 2.45) is 0 Å². The minimum absolute atomic E-state index is 0.101. The normalized spacial score (nSPS) is 17.5. The van der Waals surface area contributed by atoms with E-state index in [4.69, 9.17) is 4.74 Å². The summed E-state index contributed by atoms with van der Waals surface area (Å²) < 4.78 is 40.3. The maximum Gasteiger partial charge on any atom is 0.202 e. The molecule has 0 radical (unpaired) electrons. The van der Waals surface area contributed by atoms with Crippen molar-refractivity contribution in [1.82, 2.24) is 0 Å².